The van der Waals surface area contributed by atoms with Gasteiger partial charge >= 0.3 is 0 Å². The summed E-state index contributed by atoms with van der Waals surface area (Å²) in [5.74, 6) is 0.382. The molecule has 0 radical (unpaired) electrons. The van der Waals surface area contributed by atoms with Crippen LogP contribution in [0, 0.1) is 13.8 Å². The molecule has 0 aliphatic carbocycles. The Labute approximate surface area is 181 Å². The molecular weight excluding hydrogens is 396 g/mol. The van der Waals surface area contributed by atoms with Crippen LogP contribution in [0.2, 0.25) is 0 Å². The largest absolute Gasteiger partial charge is 0.504 e. The van der Waals surface area contributed by atoms with Crippen molar-refractivity contribution in [2.75, 3.05) is 13.7 Å². The molecule has 0 unspecified atom stereocenters. The van der Waals surface area contributed by atoms with Gasteiger partial charge in [-0.3, -0.25) is 9.69 Å². The van der Waals surface area contributed by atoms with Crippen LogP contribution in [0.1, 0.15) is 29.2 Å². The third-order valence-corrected chi connectivity index (χ3v) is 5.98. The summed E-state index contributed by atoms with van der Waals surface area (Å²) >= 11 is 1.35. The van der Waals surface area contributed by atoms with Gasteiger partial charge in [0.05, 0.1) is 17.7 Å². The molecule has 1 aliphatic heterocycles. The molecule has 0 bridgehead atoms. The zero-order chi connectivity index (χ0) is 21.8. The Kier molecular flexibility index (Phi) is 6.67. The monoisotopic (exact) mass is 422 g/mol. The molecule has 1 amide bonds. The predicted molar refractivity (Wildman–Crippen MR) is 125 cm³/mol. The summed E-state index contributed by atoms with van der Waals surface area (Å²) < 4.78 is 5.29. The minimum absolute atomic E-state index is 0.0811. The molecule has 1 N–H and O–H groups in total. The molecule has 5 nitrogen and oxygen atoms in total. The van der Waals surface area contributed by atoms with E-state index in [0.717, 1.165) is 16.8 Å². The van der Waals surface area contributed by atoms with Gasteiger partial charge in [0.1, 0.15) is 0 Å². The van der Waals surface area contributed by atoms with E-state index in [0.29, 0.717) is 34.4 Å². The zero-order valence-electron chi connectivity index (χ0n) is 17.7. The number of carbonyl (C=O) groups excluding carboxylic acids is 1. The number of aryl methyl sites for hydroxylation is 2. The Morgan fingerprint density at radius 1 is 1.23 bits per heavy atom. The second-order valence-electron chi connectivity index (χ2n) is 7.05. The molecule has 2 aromatic rings. The Bertz CT molecular complexity index is 1060. The van der Waals surface area contributed by atoms with Crippen molar-refractivity contribution in [2.24, 2.45) is 4.99 Å². The maximum atomic E-state index is 13.0. The van der Waals surface area contributed by atoms with E-state index in [2.05, 4.69) is 13.5 Å². The van der Waals surface area contributed by atoms with Gasteiger partial charge in [-0.05, 0) is 86.0 Å². The molecule has 1 saturated heterocycles. The SMILES string of the molecule is C=CCc1cc(/C=C2\SC(=Nc3ccc(C)c(C)c3)N(CC)C2=O)cc(OC)c1O. The Hall–Kier alpha value is -2.99. The van der Waals surface area contributed by atoms with Crippen LogP contribution in [0.5, 0.6) is 11.5 Å². The summed E-state index contributed by atoms with van der Waals surface area (Å²) in [5, 5.41) is 11.0. The number of benzene rings is 2. The summed E-state index contributed by atoms with van der Waals surface area (Å²) in [6.07, 6.45) is 4.03. The van der Waals surface area contributed by atoms with Gasteiger partial charge in [0.25, 0.3) is 5.91 Å². The van der Waals surface area contributed by atoms with E-state index >= 15 is 0 Å². The fourth-order valence-corrected chi connectivity index (χ4v) is 4.23. The van der Waals surface area contributed by atoms with Crippen LogP contribution in [0.15, 0.2) is 52.9 Å². The number of methoxy groups -OCH3 is 1. The molecule has 156 valence electrons. The van der Waals surface area contributed by atoms with Gasteiger partial charge in [-0.1, -0.05) is 12.1 Å². The second-order valence-corrected chi connectivity index (χ2v) is 8.06. The highest BCUT2D eigenvalue weighted by molar-refractivity contribution is 8.18. The first kappa shape index (κ1) is 21.7. The smallest absolute Gasteiger partial charge is 0.266 e. The van der Waals surface area contributed by atoms with Gasteiger partial charge in [0, 0.05) is 12.1 Å². The van der Waals surface area contributed by atoms with E-state index in [4.69, 9.17) is 9.73 Å². The van der Waals surface area contributed by atoms with Crippen molar-refractivity contribution >= 4 is 34.6 Å². The molecule has 30 heavy (non-hydrogen) atoms. The zero-order valence-corrected chi connectivity index (χ0v) is 18.5. The lowest BCUT2D eigenvalue weighted by Crippen LogP contribution is -2.28. The number of phenolic OH excluding ortho intramolecular Hbond substituents is 1. The van der Waals surface area contributed by atoms with E-state index in [1.54, 1.807) is 17.0 Å². The number of carbonyl (C=O) groups is 1. The first-order valence-corrected chi connectivity index (χ1v) is 10.6. The van der Waals surface area contributed by atoms with Crippen LogP contribution < -0.4 is 4.74 Å². The molecule has 0 spiro atoms. The number of amidine groups is 1. The van der Waals surface area contributed by atoms with Crippen molar-refractivity contribution in [1.29, 1.82) is 0 Å². The molecule has 1 heterocycles. The summed E-state index contributed by atoms with van der Waals surface area (Å²) in [7, 11) is 1.51. The van der Waals surface area contributed by atoms with E-state index < -0.39 is 0 Å². The lowest BCUT2D eigenvalue weighted by molar-refractivity contribution is -0.122. The van der Waals surface area contributed by atoms with E-state index in [9.17, 15) is 9.90 Å². The topological polar surface area (TPSA) is 62.1 Å². The molecule has 0 saturated carbocycles. The number of nitrogens with zero attached hydrogens (tertiary/aromatic N) is 2. The lowest BCUT2D eigenvalue weighted by Gasteiger charge is -2.12. The fraction of sp³-hybridized carbons (Fsp3) is 0.250. The lowest BCUT2D eigenvalue weighted by atomic mass is 10.1. The summed E-state index contributed by atoms with van der Waals surface area (Å²) in [6.45, 7) is 10.3. The maximum Gasteiger partial charge on any atom is 0.266 e. The number of allylic oxidation sites excluding steroid dienone is 1. The minimum atomic E-state index is -0.0811. The first-order chi connectivity index (χ1) is 14.4. The number of thioether (sulfide) groups is 1. The normalized spacial score (nSPS) is 16.5. The number of phenols is 1. The molecule has 2 aromatic carbocycles. The first-order valence-electron chi connectivity index (χ1n) is 9.76. The average Bonchev–Trinajstić information content (AvgIpc) is 3.01. The number of aliphatic imine (C=N–C) groups is 1. The van der Waals surface area contributed by atoms with Gasteiger partial charge in [0.2, 0.25) is 0 Å². The van der Waals surface area contributed by atoms with Crippen molar-refractivity contribution in [3.63, 3.8) is 0 Å². The highest BCUT2D eigenvalue weighted by atomic mass is 32.2. The number of rotatable bonds is 6. The number of hydrogen-bond donors (Lipinski definition) is 1. The standard InChI is InChI=1S/C24H26N2O3S/c1-6-8-18-12-17(13-20(29-5)22(18)27)14-21-23(28)26(7-2)24(30-21)25-19-10-9-15(3)16(4)11-19/h6,9-14,27H,1,7-8H2,2-5H3/b21-14-,25-24?. The van der Waals surface area contributed by atoms with Gasteiger partial charge in [-0.15, -0.1) is 6.58 Å². The van der Waals surface area contributed by atoms with Gasteiger partial charge < -0.3 is 9.84 Å². The third kappa shape index (κ3) is 4.44. The summed E-state index contributed by atoms with van der Waals surface area (Å²) in [4.78, 5) is 19.9. The van der Waals surface area contributed by atoms with Crippen molar-refractivity contribution in [2.45, 2.75) is 27.2 Å². The molecule has 1 fully saturated rings. The van der Waals surface area contributed by atoms with Crippen molar-refractivity contribution in [3.05, 3.63) is 70.1 Å². The number of ether oxygens (including phenoxy) is 1. The average molecular weight is 423 g/mol. The minimum Gasteiger partial charge on any atom is -0.504 e. The maximum absolute atomic E-state index is 13.0. The molecular formula is C24H26N2O3S. The molecule has 1 aliphatic rings. The van der Waals surface area contributed by atoms with Crippen LogP contribution in [-0.4, -0.2) is 34.7 Å². The fourth-order valence-electron chi connectivity index (χ4n) is 3.17. The van der Waals surface area contributed by atoms with Crippen LogP contribution in [0.3, 0.4) is 0 Å². The van der Waals surface area contributed by atoms with E-state index in [-0.39, 0.29) is 11.7 Å². The number of amides is 1. The van der Waals surface area contributed by atoms with Crippen molar-refractivity contribution in [1.82, 2.24) is 4.90 Å². The van der Waals surface area contributed by atoms with Crippen molar-refractivity contribution in [3.8, 4) is 11.5 Å². The van der Waals surface area contributed by atoms with E-state index in [1.165, 1.54) is 24.4 Å². The van der Waals surface area contributed by atoms with Gasteiger partial charge in [-0.25, -0.2) is 4.99 Å². The summed E-state index contributed by atoms with van der Waals surface area (Å²) in [5.41, 5.74) is 4.67. The Morgan fingerprint density at radius 3 is 2.63 bits per heavy atom. The van der Waals surface area contributed by atoms with Gasteiger partial charge in [0.15, 0.2) is 16.7 Å². The van der Waals surface area contributed by atoms with Crippen LogP contribution >= 0.6 is 11.8 Å². The second kappa shape index (κ2) is 9.22. The highest BCUT2D eigenvalue weighted by Gasteiger charge is 2.32. The third-order valence-electron chi connectivity index (χ3n) is 4.98. The van der Waals surface area contributed by atoms with E-state index in [1.807, 2.05) is 44.2 Å². The number of hydrogen-bond acceptors (Lipinski definition) is 5. The van der Waals surface area contributed by atoms with Crippen LogP contribution in [-0.2, 0) is 11.2 Å². The number of aromatic hydroxyl groups is 1. The quantitative estimate of drug-likeness (QED) is 0.502. The Balaban J connectivity index is 1.99. The number of likely N-dealkylation sites (N-methyl/N-ethyl adjacent to an activating group) is 1. The van der Waals surface area contributed by atoms with Gasteiger partial charge in [-0.2, -0.15) is 0 Å². The molecule has 0 aromatic heterocycles. The Morgan fingerprint density at radius 2 is 2.00 bits per heavy atom. The molecule has 3 rings (SSSR count). The highest BCUT2D eigenvalue weighted by Crippen LogP contribution is 2.37. The van der Waals surface area contributed by atoms with Crippen LogP contribution in [0.25, 0.3) is 6.08 Å². The molecule has 6 heteroatoms. The summed E-state index contributed by atoms with van der Waals surface area (Å²) in [6, 6.07) is 9.58. The van der Waals surface area contributed by atoms with Crippen molar-refractivity contribution < 1.29 is 14.6 Å². The molecule has 0 atom stereocenters. The van der Waals surface area contributed by atoms with Crippen LogP contribution in [0.4, 0.5) is 5.69 Å². The predicted octanol–water partition coefficient (Wildman–Crippen LogP) is 5.37.